The molecule has 7 nitrogen and oxygen atoms in total. The Hall–Kier alpha value is -3.65. The second-order valence-corrected chi connectivity index (χ2v) is 10.2. The van der Waals surface area contributed by atoms with E-state index in [0.29, 0.717) is 17.1 Å². The highest BCUT2D eigenvalue weighted by Crippen LogP contribution is 2.30. The minimum absolute atomic E-state index is 0.0341. The summed E-state index contributed by atoms with van der Waals surface area (Å²) in [5.41, 5.74) is 5.54. The van der Waals surface area contributed by atoms with Gasteiger partial charge in [0.25, 0.3) is 5.91 Å². The van der Waals surface area contributed by atoms with Gasteiger partial charge in [-0.05, 0) is 98.5 Å². The zero-order chi connectivity index (χ0) is 26.7. The molecule has 0 aliphatic carbocycles. The fourth-order valence-electron chi connectivity index (χ4n) is 4.08. The molecule has 0 saturated carbocycles. The first-order chi connectivity index (χ1) is 17.6. The van der Waals surface area contributed by atoms with Gasteiger partial charge in [-0.3, -0.25) is 14.4 Å². The van der Waals surface area contributed by atoms with Crippen molar-refractivity contribution in [3.8, 4) is 11.5 Å². The topological polar surface area (TPSA) is 84.9 Å². The van der Waals surface area contributed by atoms with Gasteiger partial charge in [0.05, 0.1) is 5.92 Å². The molecule has 1 heterocycles. The van der Waals surface area contributed by atoms with E-state index in [1.54, 1.807) is 29.2 Å². The van der Waals surface area contributed by atoms with E-state index >= 15 is 0 Å². The average Bonchev–Trinajstić information content (AvgIpc) is 3.25. The number of aryl methyl sites for hydroxylation is 4. The number of benzene rings is 3. The molecule has 0 aromatic heterocycles. The quantitative estimate of drug-likeness (QED) is 0.355. The van der Waals surface area contributed by atoms with Crippen molar-refractivity contribution in [2.75, 3.05) is 23.4 Å². The first-order valence-electron chi connectivity index (χ1n) is 12.0. The SMILES string of the molecule is Cc1ccc(Oc2ccc(N3C[C@H](C(=O)OCC(=O)Nc4cc(C)c(Br)cc4C)CC3=O)cc2)cc1C. The average molecular weight is 565 g/mol. The molecule has 1 N–H and O–H groups in total. The van der Waals surface area contributed by atoms with Gasteiger partial charge in [0.2, 0.25) is 5.91 Å². The van der Waals surface area contributed by atoms with Crippen LogP contribution in [0.5, 0.6) is 11.5 Å². The fraction of sp³-hybridized carbons (Fsp3) is 0.276. The summed E-state index contributed by atoms with van der Waals surface area (Å²) >= 11 is 3.46. The van der Waals surface area contributed by atoms with Gasteiger partial charge in [-0.15, -0.1) is 0 Å². The van der Waals surface area contributed by atoms with E-state index in [-0.39, 0.29) is 18.9 Å². The third-order valence-corrected chi connectivity index (χ3v) is 7.30. The predicted molar refractivity (Wildman–Crippen MR) is 146 cm³/mol. The van der Waals surface area contributed by atoms with Gasteiger partial charge in [0, 0.05) is 28.8 Å². The lowest BCUT2D eigenvalue weighted by molar-refractivity contribution is -0.151. The number of nitrogens with zero attached hydrogens (tertiary/aromatic N) is 1. The molecule has 0 unspecified atom stereocenters. The number of ether oxygens (including phenoxy) is 2. The number of nitrogens with one attached hydrogen (secondary N) is 1. The summed E-state index contributed by atoms with van der Waals surface area (Å²) in [6.45, 7) is 7.66. The molecule has 0 radical (unpaired) electrons. The fourth-order valence-corrected chi connectivity index (χ4v) is 4.54. The van der Waals surface area contributed by atoms with Crippen LogP contribution < -0.4 is 15.0 Å². The number of hydrogen-bond acceptors (Lipinski definition) is 5. The number of carbonyl (C=O) groups excluding carboxylic acids is 3. The van der Waals surface area contributed by atoms with Crippen LogP contribution in [0.25, 0.3) is 0 Å². The smallest absolute Gasteiger partial charge is 0.311 e. The zero-order valence-electron chi connectivity index (χ0n) is 21.3. The molecule has 2 amide bonds. The standard InChI is InChI=1S/C29H29BrN2O5/c1-17-5-8-24(11-18(17)2)37-23-9-6-22(7-10-23)32-15-21(14-28(32)34)29(35)36-16-27(33)31-26-13-19(3)25(30)12-20(26)4/h5-13,21H,14-16H2,1-4H3,(H,31,33)/t21-/m1/s1. The van der Waals surface area contributed by atoms with Gasteiger partial charge < -0.3 is 19.7 Å². The molecular weight excluding hydrogens is 536 g/mol. The molecule has 8 heteroatoms. The van der Waals surface area contributed by atoms with Gasteiger partial charge in [0.15, 0.2) is 6.61 Å². The second kappa shape index (κ2) is 11.2. The van der Waals surface area contributed by atoms with E-state index in [1.807, 2.05) is 58.0 Å². The monoisotopic (exact) mass is 564 g/mol. The van der Waals surface area contributed by atoms with Gasteiger partial charge in [0.1, 0.15) is 11.5 Å². The molecular formula is C29H29BrN2O5. The number of rotatable bonds is 7. The lowest BCUT2D eigenvalue weighted by Crippen LogP contribution is -2.28. The van der Waals surface area contributed by atoms with Crippen molar-refractivity contribution in [1.29, 1.82) is 0 Å². The number of hydrogen-bond donors (Lipinski definition) is 1. The Morgan fingerprint density at radius 2 is 1.62 bits per heavy atom. The normalized spacial score (nSPS) is 15.0. The summed E-state index contributed by atoms with van der Waals surface area (Å²) in [6.07, 6.45) is 0.0341. The first-order valence-corrected chi connectivity index (χ1v) is 12.8. The first kappa shape index (κ1) is 26.4. The van der Waals surface area contributed by atoms with Crippen LogP contribution in [0.1, 0.15) is 28.7 Å². The third kappa shape index (κ3) is 6.38. The number of amides is 2. The Morgan fingerprint density at radius 1 is 0.919 bits per heavy atom. The van der Waals surface area contributed by atoms with Crippen molar-refractivity contribution in [3.05, 3.63) is 81.3 Å². The minimum atomic E-state index is -0.636. The summed E-state index contributed by atoms with van der Waals surface area (Å²) < 4.78 is 12.1. The predicted octanol–water partition coefficient (Wildman–Crippen LogP) is 6.01. The van der Waals surface area contributed by atoms with E-state index < -0.39 is 24.4 Å². The highest BCUT2D eigenvalue weighted by molar-refractivity contribution is 9.10. The molecule has 1 aliphatic rings. The lowest BCUT2D eigenvalue weighted by atomic mass is 10.1. The van der Waals surface area contributed by atoms with Gasteiger partial charge in [-0.2, -0.15) is 0 Å². The highest BCUT2D eigenvalue weighted by atomic mass is 79.9. The number of esters is 1. The molecule has 3 aromatic rings. The molecule has 1 saturated heterocycles. The van der Waals surface area contributed by atoms with Crippen molar-refractivity contribution in [3.63, 3.8) is 0 Å². The van der Waals surface area contributed by atoms with Gasteiger partial charge >= 0.3 is 5.97 Å². The second-order valence-electron chi connectivity index (χ2n) is 9.32. The largest absolute Gasteiger partial charge is 0.457 e. The van der Waals surface area contributed by atoms with Crippen LogP contribution in [0.4, 0.5) is 11.4 Å². The Bertz CT molecular complexity index is 1350. The maximum absolute atomic E-state index is 12.6. The van der Waals surface area contributed by atoms with Crippen molar-refractivity contribution < 1.29 is 23.9 Å². The van der Waals surface area contributed by atoms with E-state index in [2.05, 4.69) is 21.2 Å². The molecule has 0 bridgehead atoms. The van der Waals surface area contributed by atoms with Crippen molar-refractivity contribution in [1.82, 2.24) is 0 Å². The molecule has 1 aliphatic heterocycles. The lowest BCUT2D eigenvalue weighted by Gasteiger charge is -2.17. The molecule has 37 heavy (non-hydrogen) atoms. The van der Waals surface area contributed by atoms with E-state index in [1.165, 1.54) is 5.56 Å². The van der Waals surface area contributed by atoms with Crippen molar-refractivity contribution in [2.24, 2.45) is 5.92 Å². The Kier molecular flexibility index (Phi) is 7.97. The summed E-state index contributed by atoms with van der Waals surface area (Å²) in [5.74, 6) is -0.413. The van der Waals surface area contributed by atoms with Crippen LogP contribution in [-0.2, 0) is 19.1 Å². The van der Waals surface area contributed by atoms with Crippen LogP contribution in [0.15, 0.2) is 59.1 Å². The molecule has 4 rings (SSSR count). The Morgan fingerprint density at radius 3 is 2.32 bits per heavy atom. The van der Waals surface area contributed by atoms with Crippen molar-refractivity contribution >= 4 is 45.1 Å². The van der Waals surface area contributed by atoms with Crippen molar-refractivity contribution in [2.45, 2.75) is 34.1 Å². The van der Waals surface area contributed by atoms with Crippen LogP contribution in [0.3, 0.4) is 0 Å². The third-order valence-electron chi connectivity index (χ3n) is 6.45. The summed E-state index contributed by atoms with van der Waals surface area (Å²) in [6, 6.07) is 16.8. The molecule has 0 spiro atoms. The van der Waals surface area contributed by atoms with Gasteiger partial charge in [-0.25, -0.2) is 0 Å². The van der Waals surface area contributed by atoms with Crippen LogP contribution in [0.2, 0.25) is 0 Å². The number of anilines is 2. The maximum atomic E-state index is 12.6. The summed E-state index contributed by atoms with van der Waals surface area (Å²) in [7, 11) is 0. The number of halogens is 1. The van der Waals surface area contributed by atoms with Crippen LogP contribution >= 0.6 is 15.9 Å². The molecule has 192 valence electrons. The van der Waals surface area contributed by atoms with E-state index in [9.17, 15) is 14.4 Å². The maximum Gasteiger partial charge on any atom is 0.311 e. The molecule has 1 atom stereocenters. The van der Waals surface area contributed by atoms with Crippen LogP contribution in [0, 0.1) is 33.6 Å². The number of carbonyl (C=O) groups is 3. The molecule has 3 aromatic carbocycles. The summed E-state index contributed by atoms with van der Waals surface area (Å²) in [5, 5.41) is 2.77. The highest BCUT2D eigenvalue weighted by Gasteiger charge is 2.36. The van der Waals surface area contributed by atoms with Crippen LogP contribution in [-0.4, -0.2) is 30.9 Å². The Balaban J connectivity index is 1.30. The van der Waals surface area contributed by atoms with E-state index in [4.69, 9.17) is 9.47 Å². The van der Waals surface area contributed by atoms with E-state index in [0.717, 1.165) is 26.9 Å². The Labute approximate surface area is 224 Å². The zero-order valence-corrected chi connectivity index (χ0v) is 22.8. The summed E-state index contributed by atoms with van der Waals surface area (Å²) in [4.78, 5) is 39.1. The molecule has 1 fully saturated rings. The minimum Gasteiger partial charge on any atom is -0.457 e. The van der Waals surface area contributed by atoms with Gasteiger partial charge in [-0.1, -0.05) is 22.0 Å².